The highest BCUT2D eigenvalue weighted by Gasteiger charge is 2.21. The summed E-state index contributed by atoms with van der Waals surface area (Å²) in [5.74, 6) is -0.0716. The first-order chi connectivity index (χ1) is 10.5. The summed E-state index contributed by atoms with van der Waals surface area (Å²) in [4.78, 5) is 11.2. The molecule has 1 aromatic rings. The molecule has 0 amide bonds. The third-order valence-corrected chi connectivity index (χ3v) is 5.18. The number of ether oxygens (including phenoxy) is 2. The first-order valence-electron chi connectivity index (χ1n) is 7.33. The number of sulfonamides is 1. The number of benzene rings is 1. The summed E-state index contributed by atoms with van der Waals surface area (Å²) in [5.41, 5.74) is 0. The first-order valence-corrected chi connectivity index (χ1v) is 8.81. The van der Waals surface area contributed by atoms with E-state index in [4.69, 9.17) is 4.74 Å². The zero-order chi connectivity index (χ0) is 16.0. The third kappa shape index (κ3) is 4.71. The molecular weight excluding hydrogens is 306 g/mol. The van der Waals surface area contributed by atoms with Gasteiger partial charge in [0.25, 0.3) is 0 Å². The summed E-state index contributed by atoms with van der Waals surface area (Å²) < 4.78 is 37.0. The van der Waals surface area contributed by atoms with E-state index in [9.17, 15) is 13.2 Å². The molecule has 1 fully saturated rings. The van der Waals surface area contributed by atoms with E-state index in [1.165, 1.54) is 37.8 Å². The molecule has 0 saturated heterocycles. The quantitative estimate of drug-likeness (QED) is 0.806. The van der Waals surface area contributed by atoms with Crippen molar-refractivity contribution < 1.29 is 22.7 Å². The Bertz CT molecular complexity index is 591. The Balaban J connectivity index is 1.97. The molecule has 1 aliphatic rings. The SMILES string of the molecule is COC(=O)COc1ccc(S(=O)(=O)NC2CCCCC2)cc1. The molecule has 2 rings (SSSR count). The maximum Gasteiger partial charge on any atom is 0.343 e. The van der Waals surface area contributed by atoms with Crippen molar-refractivity contribution in [3.05, 3.63) is 24.3 Å². The summed E-state index contributed by atoms with van der Waals surface area (Å²) in [6.07, 6.45) is 5.07. The zero-order valence-electron chi connectivity index (χ0n) is 12.6. The van der Waals surface area contributed by atoms with Gasteiger partial charge in [-0.25, -0.2) is 17.9 Å². The lowest BCUT2D eigenvalue weighted by Gasteiger charge is -2.22. The van der Waals surface area contributed by atoms with Crippen molar-refractivity contribution in [1.82, 2.24) is 4.72 Å². The molecule has 0 unspecified atom stereocenters. The van der Waals surface area contributed by atoms with E-state index in [-0.39, 0.29) is 17.5 Å². The van der Waals surface area contributed by atoms with Gasteiger partial charge in [-0.15, -0.1) is 0 Å². The van der Waals surface area contributed by atoms with Gasteiger partial charge in [-0.1, -0.05) is 19.3 Å². The van der Waals surface area contributed by atoms with Gasteiger partial charge in [0, 0.05) is 6.04 Å². The number of methoxy groups -OCH3 is 1. The number of rotatable bonds is 6. The standard InChI is InChI=1S/C15H21NO5S/c1-20-15(17)11-21-13-7-9-14(10-8-13)22(18,19)16-12-5-3-2-4-6-12/h7-10,12,16H,2-6,11H2,1H3. The van der Waals surface area contributed by atoms with Crippen molar-refractivity contribution >= 4 is 16.0 Å². The predicted molar refractivity (Wildman–Crippen MR) is 81.1 cm³/mol. The molecule has 22 heavy (non-hydrogen) atoms. The molecule has 0 spiro atoms. The van der Waals surface area contributed by atoms with Gasteiger partial charge in [0.05, 0.1) is 12.0 Å². The van der Waals surface area contributed by atoms with Crippen LogP contribution in [0.3, 0.4) is 0 Å². The molecule has 0 aromatic heterocycles. The largest absolute Gasteiger partial charge is 0.482 e. The van der Waals surface area contributed by atoms with Gasteiger partial charge in [-0.05, 0) is 37.1 Å². The summed E-state index contributed by atoms with van der Waals surface area (Å²) in [7, 11) is -2.23. The lowest BCUT2D eigenvalue weighted by molar-refractivity contribution is -0.142. The summed E-state index contributed by atoms with van der Waals surface area (Å²) in [6, 6.07) is 6.01. The molecule has 122 valence electrons. The summed E-state index contributed by atoms with van der Waals surface area (Å²) in [6.45, 7) is -0.205. The normalized spacial score (nSPS) is 16.2. The second kappa shape index (κ2) is 7.60. The second-order valence-electron chi connectivity index (χ2n) is 5.29. The molecule has 0 atom stereocenters. The van der Waals surface area contributed by atoms with Crippen LogP contribution in [-0.2, 0) is 19.6 Å². The van der Waals surface area contributed by atoms with Crippen molar-refractivity contribution in [3.8, 4) is 5.75 Å². The van der Waals surface area contributed by atoms with Crippen molar-refractivity contribution in [3.63, 3.8) is 0 Å². The fourth-order valence-electron chi connectivity index (χ4n) is 2.42. The Morgan fingerprint density at radius 2 is 1.82 bits per heavy atom. The monoisotopic (exact) mass is 327 g/mol. The van der Waals surface area contributed by atoms with Crippen molar-refractivity contribution in [2.24, 2.45) is 0 Å². The van der Waals surface area contributed by atoms with Gasteiger partial charge in [-0.2, -0.15) is 0 Å². The highest BCUT2D eigenvalue weighted by molar-refractivity contribution is 7.89. The van der Waals surface area contributed by atoms with Crippen LogP contribution in [0, 0.1) is 0 Å². The molecule has 0 aliphatic heterocycles. The molecule has 7 heteroatoms. The average molecular weight is 327 g/mol. The summed E-state index contributed by atoms with van der Waals surface area (Å²) >= 11 is 0. The van der Waals surface area contributed by atoms with Gasteiger partial charge in [-0.3, -0.25) is 0 Å². The van der Waals surface area contributed by atoms with E-state index in [1.807, 2.05) is 0 Å². The van der Waals surface area contributed by atoms with Crippen LogP contribution in [-0.4, -0.2) is 34.1 Å². The number of nitrogens with one attached hydrogen (secondary N) is 1. The van der Waals surface area contributed by atoms with Crippen molar-refractivity contribution in [2.75, 3.05) is 13.7 Å². The minimum Gasteiger partial charge on any atom is -0.482 e. The molecule has 1 aromatic carbocycles. The van der Waals surface area contributed by atoms with Crippen LogP contribution < -0.4 is 9.46 Å². The fraction of sp³-hybridized carbons (Fsp3) is 0.533. The van der Waals surface area contributed by atoms with Crippen LogP contribution in [0.15, 0.2) is 29.2 Å². The van der Waals surface area contributed by atoms with Gasteiger partial charge >= 0.3 is 5.97 Å². The Kier molecular flexibility index (Phi) is 5.79. The number of hydrogen-bond donors (Lipinski definition) is 1. The van der Waals surface area contributed by atoms with Crippen LogP contribution in [0.1, 0.15) is 32.1 Å². The molecule has 1 saturated carbocycles. The average Bonchev–Trinajstić information content (AvgIpc) is 2.53. The van der Waals surface area contributed by atoms with Crippen LogP contribution >= 0.6 is 0 Å². The van der Waals surface area contributed by atoms with E-state index in [1.54, 1.807) is 0 Å². The van der Waals surface area contributed by atoms with E-state index < -0.39 is 16.0 Å². The lowest BCUT2D eigenvalue weighted by Crippen LogP contribution is -2.36. The summed E-state index contributed by atoms with van der Waals surface area (Å²) in [5, 5.41) is 0. The zero-order valence-corrected chi connectivity index (χ0v) is 13.4. The van der Waals surface area contributed by atoms with Gasteiger partial charge in [0.15, 0.2) is 6.61 Å². The highest BCUT2D eigenvalue weighted by Crippen LogP contribution is 2.21. The maximum absolute atomic E-state index is 12.3. The Morgan fingerprint density at radius 1 is 1.18 bits per heavy atom. The smallest absolute Gasteiger partial charge is 0.343 e. The molecular formula is C15H21NO5S. The fourth-order valence-corrected chi connectivity index (χ4v) is 3.73. The minimum absolute atomic E-state index is 0.0222. The van der Waals surface area contributed by atoms with Gasteiger partial charge in [0.2, 0.25) is 10.0 Å². The van der Waals surface area contributed by atoms with E-state index in [0.717, 1.165) is 25.7 Å². The van der Waals surface area contributed by atoms with Crippen LogP contribution in [0.2, 0.25) is 0 Å². The Hall–Kier alpha value is -1.60. The molecule has 6 nitrogen and oxygen atoms in total. The maximum atomic E-state index is 12.3. The van der Waals surface area contributed by atoms with Gasteiger partial charge < -0.3 is 9.47 Å². The van der Waals surface area contributed by atoms with Crippen LogP contribution in [0.4, 0.5) is 0 Å². The van der Waals surface area contributed by atoms with Crippen LogP contribution in [0.5, 0.6) is 5.75 Å². The van der Waals surface area contributed by atoms with Gasteiger partial charge in [0.1, 0.15) is 5.75 Å². The van der Waals surface area contributed by atoms with E-state index in [2.05, 4.69) is 9.46 Å². The number of carbonyl (C=O) groups is 1. The molecule has 0 radical (unpaired) electrons. The third-order valence-electron chi connectivity index (χ3n) is 3.65. The highest BCUT2D eigenvalue weighted by atomic mass is 32.2. The predicted octanol–water partition coefficient (Wildman–Crippen LogP) is 1.85. The second-order valence-corrected chi connectivity index (χ2v) is 7.01. The van der Waals surface area contributed by atoms with Crippen LogP contribution in [0.25, 0.3) is 0 Å². The molecule has 1 aliphatic carbocycles. The molecule has 0 bridgehead atoms. The van der Waals surface area contributed by atoms with E-state index in [0.29, 0.717) is 5.75 Å². The van der Waals surface area contributed by atoms with Crippen molar-refractivity contribution in [1.29, 1.82) is 0 Å². The lowest BCUT2D eigenvalue weighted by atomic mass is 9.96. The van der Waals surface area contributed by atoms with Crippen molar-refractivity contribution in [2.45, 2.75) is 43.0 Å². The first kappa shape index (κ1) is 16.8. The number of hydrogen-bond acceptors (Lipinski definition) is 5. The topological polar surface area (TPSA) is 81.7 Å². The molecule has 1 N–H and O–H groups in total. The number of esters is 1. The van der Waals surface area contributed by atoms with E-state index >= 15 is 0 Å². The number of carbonyl (C=O) groups excluding carboxylic acids is 1. The Labute approximate surface area is 130 Å². The molecule has 0 heterocycles. The Morgan fingerprint density at radius 3 is 2.41 bits per heavy atom. The minimum atomic E-state index is -3.51.